The number of amides is 1. The Hall–Kier alpha value is -3.47. The highest BCUT2D eigenvalue weighted by Crippen LogP contribution is 2.38. The van der Waals surface area contributed by atoms with Crippen LogP contribution in [0.5, 0.6) is 17.2 Å². The molecule has 0 aliphatic carbocycles. The zero-order valence-electron chi connectivity index (χ0n) is 18.3. The van der Waals surface area contributed by atoms with Gasteiger partial charge in [0, 0.05) is 12.5 Å². The highest BCUT2D eigenvalue weighted by molar-refractivity contribution is 5.77. The quantitative estimate of drug-likeness (QED) is 0.516. The highest BCUT2D eigenvalue weighted by Gasteiger charge is 2.16. The van der Waals surface area contributed by atoms with Gasteiger partial charge in [0.25, 0.3) is 5.91 Å². The minimum Gasteiger partial charge on any atom is -0.493 e. The number of ether oxygens (including phenoxy) is 3. The molecular weight excluding hydrogens is 390 g/mol. The standard InChI is InChI=1S/C26H29NO4/c1-19-16-23(29-2)26(24(17-19)30-3)31-18-25(28)27-15-14-22(20-10-6-4-7-11-20)21-12-8-5-9-13-21/h4-13,16-17,22H,14-15,18H2,1-3H3,(H,27,28). The van der Waals surface area contributed by atoms with E-state index in [4.69, 9.17) is 14.2 Å². The summed E-state index contributed by atoms with van der Waals surface area (Å²) in [5.74, 6) is 1.53. The number of hydrogen-bond acceptors (Lipinski definition) is 4. The van der Waals surface area contributed by atoms with Crippen molar-refractivity contribution in [2.24, 2.45) is 0 Å². The van der Waals surface area contributed by atoms with Gasteiger partial charge in [0.05, 0.1) is 14.2 Å². The molecule has 3 aromatic rings. The normalized spacial score (nSPS) is 10.6. The molecule has 0 spiro atoms. The summed E-state index contributed by atoms with van der Waals surface area (Å²) in [6.07, 6.45) is 0.789. The fourth-order valence-electron chi connectivity index (χ4n) is 3.59. The number of nitrogens with one attached hydrogen (secondary N) is 1. The van der Waals surface area contributed by atoms with E-state index in [0.29, 0.717) is 23.8 Å². The van der Waals surface area contributed by atoms with Crippen molar-refractivity contribution in [2.45, 2.75) is 19.3 Å². The molecule has 0 bridgehead atoms. The van der Waals surface area contributed by atoms with Crippen molar-refractivity contribution in [2.75, 3.05) is 27.4 Å². The van der Waals surface area contributed by atoms with Gasteiger partial charge in [-0.2, -0.15) is 0 Å². The molecule has 1 amide bonds. The first kappa shape index (κ1) is 22.2. The third-order valence-electron chi connectivity index (χ3n) is 5.11. The van der Waals surface area contributed by atoms with Crippen LogP contribution < -0.4 is 19.5 Å². The van der Waals surface area contributed by atoms with Crippen LogP contribution in [0.2, 0.25) is 0 Å². The van der Waals surface area contributed by atoms with Gasteiger partial charge in [-0.15, -0.1) is 0 Å². The Morgan fingerprint density at radius 2 is 1.39 bits per heavy atom. The SMILES string of the molecule is COc1cc(C)cc(OC)c1OCC(=O)NCCC(c1ccccc1)c1ccccc1. The molecule has 162 valence electrons. The third kappa shape index (κ3) is 6.01. The van der Waals surface area contributed by atoms with Crippen molar-refractivity contribution in [3.8, 4) is 17.2 Å². The minimum absolute atomic E-state index is 0.114. The first-order valence-corrected chi connectivity index (χ1v) is 10.3. The van der Waals surface area contributed by atoms with Crippen molar-refractivity contribution in [3.63, 3.8) is 0 Å². The second-order valence-electron chi connectivity index (χ2n) is 7.30. The van der Waals surface area contributed by atoms with Crippen molar-refractivity contribution >= 4 is 5.91 Å². The summed E-state index contributed by atoms with van der Waals surface area (Å²) in [6, 6.07) is 24.4. The van der Waals surface area contributed by atoms with Gasteiger partial charge < -0.3 is 19.5 Å². The number of rotatable bonds is 10. The summed E-state index contributed by atoms with van der Waals surface area (Å²) in [6.45, 7) is 2.37. The molecule has 0 radical (unpaired) electrons. The van der Waals surface area contributed by atoms with Crippen LogP contribution in [0.15, 0.2) is 72.8 Å². The van der Waals surface area contributed by atoms with Crippen LogP contribution in [0.3, 0.4) is 0 Å². The Balaban J connectivity index is 1.59. The molecule has 0 unspecified atom stereocenters. The second-order valence-corrected chi connectivity index (χ2v) is 7.30. The average Bonchev–Trinajstić information content (AvgIpc) is 2.81. The predicted octanol–water partition coefficient (Wildman–Crippen LogP) is 4.73. The molecule has 3 rings (SSSR count). The summed E-state index contributed by atoms with van der Waals surface area (Å²) in [5, 5.41) is 2.96. The van der Waals surface area contributed by atoms with Gasteiger partial charge in [0.2, 0.25) is 5.75 Å². The van der Waals surface area contributed by atoms with Gasteiger partial charge >= 0.3 is 0 Å². The van der Waals surface area contributed by atoms with Gasteiger partial charge in [0.1, 0.15) is 0 Å². The van der Waals surface area contributed by atoms with E-state index in [1.54, 1.807) is 14.2 Å². The summed E-state index contributed by atoms with van der Waals surface area (Å²) in [4.78, 5) is 12.4. The summed E-state index contributed by atoms with van der Waals surface area (Å²) in [7, 11) is 3.13. The molecule has 0 saturated heterocycles. The Kier molecular flexibility index (Phi) is 7.93. The minimum atomic E-state index is -0.190. The largest absolute Gasteiger partial charge is 0.493 e. The zero-order chi connectivity index (χ0) is 22.1. The number of benzene rings is 3. The molecule has 0 aromatic heterocycles. The van der Waals surface area contributed by atoms with Crippen LogP contribution in [0.4, 0.5) is 0 Å². The van der Waals surface area contributed by atoms with Crippen LogP contribution in [-0.2, 0) is 4.79 Å². The van der Waals surface area contributed by atoms with E-state index >= 15 is 0 Å². The maximum absolute atomic E-state index is 12.4. The van der Waals surface area contributed by atoms with E-state index in [2.05, 4.69) is 29.6 Å². The van der Waals surface area contributed by atoms with Crippen molar-refractivity contribution in [3.05, 3.63) is 89.5 Å². The lowest BCUT2D eigenvalue weighted by molar-refractivity contribution is -0.123. The Morgan fingerprint density at radius 3 is 1.87 bits per heavy atom. The molecule has 0 aliphatic rings. The monoisotopic (exact) mass is 419 g/mol. The number of methoxy groups -OCH3 is 2. The van der Waals surface area contributed by atoms with Crippen molar-refractivity contribution in [1.82, 2.24) is 5.32 Å². The molecule has 1 N–H and O–H groups in total. The molecule has 31 heavy (non-hydrogen) atoms. The highest BCUT2D eigenvalue weighted by atomic mass is 16.5. The summed E-state index contributed by atoms with van der Waals surface area (Å²) < 4.78 is 16.5. The average molecular weight is 420 g/mol. The summed E-state index contributed by atoms with van der Waals surface area (Å²) >= 11 is 0. The lowest BCUT2D eigenvalue weighted by atomic mass is 9.88. The van der Waals surface area contributed by atoms with Crippen molar-refractivity contribution < 1.29 is 19.0 Å². The molecule has 0 heterocycles. The molecule has 3 aromatic carbocycles. The third-order valence-corrected chi connectivity index (χ3v) is 5.11. The van der Waals surface area contributed by atoms with Gasteiger partial charge in [-0.05, 0) is 42.2 Å². The molecule has 0 saturated carbocycles. The molecule has 0 aliphatic heterocycles. The molecule has 5 heteroatoms. The van der Waals surface area contributed by atoms with E-state index in [9.17, 15) is 4.79 Å². The maximum atomic E-state index is 12.4. The van der Waals surface area contributed by atoms with E-state index < -0.39 is 0 Å². The zero-order valence-corrected chi connectivity index (χ0v) is 18.3. The lowest BCUT2D eigenvalue weighted by Crippen LogP contribution is -2.30. The number of carbonyl (C=O) groups excluding carboxylic acids is 1. The van der Waals surface area contributed by atoms with Gasteiger partial charge in [0.15, 0.2) is 18.1 Å². The van der Waals surface area contributed by atoms with Crippen molar-refractivity contribution in [1.29, 1.82) is 0 Å². The topological polar surface area (TPSA) is 56.8 Å². The van der Waals surface area contributed by atoms with Gasteiger partial charge in [-0.3, -0.25) is 4.79 Å². The molecule has 0 atom stereocenters. The lowest BCUT2D eigenvalue weighted by Gasteiger charge is -2.19. The van der Waals surface area contributed by atoms with Crippen LogP contribution in [0, 0.1) is 6.92 Å². The van der Waals surface area contributed by atoms with Crippen LogP contribution >= 0.6 is 0 Å². The Bertz CT molecular complexity index is 909. The maximum Gasteiger partial charge on any atom is 0.257 e. The van der Waals surface area contributed by atoms with Crippen LogP contribution in [0.1, 0.15) is 29.0 Å². The van der Waals surface area contributed by atoms with E-state index in [0.717, 1.165) is 12.0 Å². The predicted molar refractivity (Wildman–Crippen MR) is 122 cm³/mol. The fourth-order valence-corrected chi connectivity index (χ4v) is 3.59. The number of carbonyl (C=O) groups is 1. The summed E-state index contributed by atoms with van der Waals surface area (Å²) in [5.41, 5.74) is 3.44. The number of aryl methyl sites for hydroxylation is 1. The second kappa shape index (κ2) is 11.1. The van der Waals surface area contributed by atoms with E-state index in [1.165, 1.54) is 11.1 Å². The van der Waals surface area contributed by atoms with Crippen LogP contribution in [0.25, 0.3) is 0 Å². The Morgan fingerprint density at radius 1 is 0.871 bits per heavy atom. The fraction of sp³-hybridized carbons (Fsp3) is 0.269. The smallest absolute Gasteiger partial charge is 0.257 e. The first-order valence-electron chi connectivity index (χ1n) is 10.3. The van der Waals surface area contributed by atoms with Crippen LogP contribution in [-0.4, -0.2) is 33.3 Å². The van der Waals surface area contributed by atoms with E-state index in [-0.39, 0.29) is 18.4 Å². The van der Waals surface area contributed by atoms with Gasteiger partial charge in [-0.25, -0.2) is 0 Å². The molecular formula is C26H29NO4. The van der Waals surface area contributed by atoms with Gasteiger partial charge in [-0.1, -0.05) is 60.7 Å². The Labute approximate surface area is 184 Å². The number of hydrogen-bond donors (Lipinski definition) is 1. The van der Waals surface area contributed by atoms with E-state index in [1.807, 2.05) is 55.5 Å². The molecule has 5 nitrogen and oxygen atoms in total. The first-order chi connectivity index (χ1) is 15.1. The molecule has 0 fully saturated rings.